The molecule has 0 bridgehead atoms. The fraction of sp³-hybridized carbons (Fsp3) is 0.241. The maximum Gasteiger partial charge on any atom is 0.224 e. The molecule has 1 N–H and O–H groups in total. The molecule has 4 aromatic rings. The minimum atomic E-state index is -0.00214. The van der Waals surface area contributed by atoms with E-state index in [1.807, 2.05) is 54.6 Å². The van der Waals surface area contributed by atoms with Gasteiger partial charge in [0.05, 0.1) is 23.7 Å². The van der Waals surface area contributed by atoms with Crippen LogP contribution in [0, 0.1) is 0 Å². The normalized spacial score (nSPS) is 12.1. The molecule has 1 aromatic heterocycles. The molecule has 168 valence electrons. The lowest BCUT2D eigenvalue weighted by molar-refractivity contribution is -0.121. The van der Waals surface area contributed by atoms with Crippen molar-refractivity contribution in [2.75, 3.05) is 14.1 Å². The van der Waals surface area contributed by atoms with Crippen molar-refractivity contribution < 1.29 is 4.79 Å². The van der Waals surface area contributed by atoms with Crippen LogP contribution in [0.25, 0.3) is 22.2 Å². The van der Waals surface area contributed by atoms with Crippen LogP contribution in [0.5, 0.6) is 0 Å². The van der Waals surface area contributed by atoms with Crippen LogP contribution in [0.3, 0.4) is 0 Å². The largest absolute Gasteiger partial charge is 0.349 e. The predicted molar refractivity (Wildman–Crippen MR) is 136 cm³/mol. The lowest BCUT2D eigenvalue weighted by Gasteiger charge is -2.22. The first kappa shape index (κ1) is 22.7. The lowest BCUT2D eigenvalue weighted by atomic mass is 9.94. The Labute approximate surface area is 196 Å². The van der Waals surface area contributed by atoms with Gasteiger partial charge in [0.15, 0.2) is 0 Å². The first-order valence-electron chi connectivity index (χ1n) is 11.5. The summed E-state index contributed by atoms with van der Waals surface area (Å²) in [6.07, 6.45) is 1.15. The number of aromatic nitrogens is 1. The summed E-state index contributed by atoms with van der Waals surface area (Å²) >= 11 is 0. The molecule has 0 spiro atoms. The Bertz CT molecular complexity index is 1220. The molecule has 0 fully saturated rings. The molecule has 1 atom stereocenters. The Balaban J connectivity index is 1.77. The SMILES string of the molecule is CC[C@H](NC(=O)Cc1c(CN(C)C)c(-c2ccccc2)nc2ccccc12)c1ccccc1. The molecule has 0 saturated carbocycles. The molecule has 0 unspecified atom stereocenters. The molecule has 1 amide bonds. The summed E-state index contributed by atoms with van der Waals surface area (Å²) in [7, 11) is 4.10. The van der Waals surface area contributed by atoms with Crippen LogP contribution in [0.2, 0.25) is 0 Å². The summed E-state index contributed by atoms with van der Waals surface area (Å²) in [5.74, 6) is 0.0288. The van der Waals surface area contributed by atoms with Crippen molar-refractivity contribution in [2.24, 2.45) is 0 Å². The number of pyridine rings is 1. The molecule has 0 aliphatic rings. The molecule has 3 aromatic carbocycles. The average molecular weight is 438 g/mol. The molecular formula is C29H31N3O. The van der Waals surface area contributed by atoms with Gasteiger partial charge in [-0.1, -0.05) is 85.8 Å². The molecule has 0 aliphatic heterocycles. The third kappa shape index (κ3) is 5.29. The van der Waals surface area contributed by atoms with Crippen LogP contribution in [-0.2, 0) is 17.8 Å². The lowest BCUT2D eigenvalue weighted by Crippen LogP contribution is -2.30. The van der Waals surface area contributed by atoms with Crippen LogP contribution >= 0.6 is 0 Å². The molecular weight excluding hydrogens is 406 g/mol. The Kier molecular flexibility index (Phi) is 7.16. The Morgan fingerprint density at radius 1 is 0.879 bits per heavy atom. The quantitative estimate of drug-likeness (QED) is 0.380. The van der Waals surface area contributed by atoms with Crippen molar-refractivity contribution in [1.29, 1.82) is 0 Å². The number of nitrogens with zero attached hydrogens (tertiary/aromatic N) is 2. The number of carbonyl (C=O) groups is 1. The van der Waals surface area contributed by atoms with E-state index in [-0.39, 0.29) is 11.9 Å². The number of carbonyl (C=O) groups excluding carboxylic acids is 1. The topological polar surface area (TPSA) is 45.2 Å². The van der Waals surface area contributed by atoms with E-state index in [0.29, 0.717) is 13.0 Å². The number of hydrogen-bond donors (Lipinski definition) is 1. The van der Waals surface area contributed by atoms with Crippen LogP contribution < -0.4 is 5.32 Å². The van der Waals surface area contributed by atoms with Crippen LogP contribution in [0.1, 0.15) is 36.1 Å². The van der Waals surface area contributed by atoms with Gasteiger partial charge < -0.3 is 10.2 Å². The van der Waals surface area contributed by atoms with Gasteiger partial charge in [0, 0.05) is 17.5 Å². The predicted octanol–water partition coefficient (Wildman–Crippen LogP) is 5.77. The highest BCUT2D eigenvalue weighted by Gasteiger charge is 2.20. The standard InChI is InChI=1S/C29H31N3O/c1-4-26(21-13-7-5-8-14-21)30-28(33)19-24-23-17-11-12-18-27(23)31-29(25(24)20-32(2)3)22-15-9-6-10-16-22/h5-18,26H,4,19-20H2,1-3H3,(H,30,33)/t26-/m0/s1. The zero-order valence-electron chi connectivity index (χ0n) is 19.6. The maximum absolute atomic E-state index is 13.3. The number of hydrogen-bond acceptors (Lipinski definition) is 3. The highest BCUT2D eigenvalue weighted by molar-refractivity contribution is 5.92. The number of rotatable bonds is 8. The van der Waals surface area contributed by atoms with Gasteiger partial charge in [0.25, 0.3) is 0 Å². The van der Waals surface area contributed by atoms with E-state index < -0.39 is 0 Å². The Morgan fingerprint density at radius 2 is 1.52 bits per heavy atom. The van der Waals surface area contributed by atoms with E-state index >= 15 is 0 Å². The summed E-state index contributed by atoms with van der Waals surface area (Å²) in [5, 5.41) is 4.30. The second kappa shape index (κ2) is 10.4. The number of nitrogens with one attached hydrogen (secondary N) is 1. The molecule has 33 heavy (non-hydrogen) atoms. The minimum absolute atomic E-state index is 0.00214. The van der Waals surface area contributed by atoms with Gasteiger partial charge in [0.1, 0.15) is 0 Å². The smallest absolute Gasteiger partial charge is 0.224 e. The van der Waals surface area contributed by atoms with E-state index in [1.165, 1.54) is 0 Å². The first-order valence-corrected chi connectivity index (χ1v) is 11.5. The van der Waals surface area contributed by atoms with Gasteiger partial charge in [-0.3, -0.25) is 4.79 Å². The minimum Gasteiger partial charge on any atom is -0.349 e. The van der Waals surface area contributed by atoms with Crippen molar-refractivity contribution in [2.45, 2.75) is 32.4 Å². The summed E-state index contributed by atoms with van der Waals surface area (Å²) in [4.78, 5) is 20.5. The van der Waals surface area contributed by atoms with Gasteiger partial charge in [-0.2, -0.15) is 0 Å². The highest BCUT2D eigenvalue weighted by atomic mass is 16.1. The first-order chi connectivity index (χ1) is 16.1. The van der Waals surface area contributed by atoms with Gasteiger partial charge >= 0.3 is 0 Å². The number of fused-ring (bicyclic) bond motifs is 1. The monoisotopic (exact) mass is 437 g/mol. The Hall–Kier alpha value is -3.50. The molecule has 0 aliphatic carbocycles. The van der Waals surface area contributed by atoms with Gasteiger partial charge in [-0.15, -0.1) is 0 Å². The summed E-state index contributed by atoms with van der Waals surface area (Å²) in [6.45, 7) is 2.81. The van der Waals surface area contributed by atoms with E-state index in [2.05, 4.69) is 61.6 Å². The third-order valence-corrected chi connectivity index (χ3v) is 5.92. The number of para-hydroxylation sites is 1. The molecule has 1 heterocycles. The summed E-state index contributed by atoms with van der Waals surface area (Å²) < 4.78 is 0. The molecule has 4 heteroatoms. The van der Waals surface area contributed by atoms with Crippen molar-refractivity contribution in [3.63, 3.8) is 0 Å². The second-order valence-corrected chi connectivity index (χ2v) is 8.65. The van der Waals surface area contributed by atoms with Crippen LogP contribution in [0.4, 0.5) is 0 Å². The third-order valence-electron chi connectivity index (χ3n) is 5.92. The fourth-order valence-corrected chi connectivity index (χ4v) is 4.36. The van der Waals surface area contributed by atoms with Crippen molar-refractivity contribution in [1.82, 2.24) is 15.2 Å². The van der Waals surface area contributed by atoms with E-state index in [0.717, 1.165) is 45.3 Å². The molecule has 4 rings (SSSR count). The molecule has 0 radical (unpaired) electrons. The van der Waals surface area contributed by atoms with Crippen molar-refractivity contribution in [3.05, 3.63) is 102 Å². The van der Waals surface area contributed by atoms with Gasteiger partial charge in [-0.25, -0.2) is 4.98 Å². The molecule has 0 saturated heterocycles. The fourth-order valence-electron chi connectivity index (χ4n) is 4.36. The number of benzene rings is 3. The van der Waals surface area contributed by atoms with Crippen LogP contribution in [0.15, 0.2) is 84.9 Å². The van der Waals surface area contributed by atoms with Gasteiger partial charge in [-0.05, 0) is 43.3 Å². The summed E-state index contributed by atoms with van der Waals surface area (Å²) in [5.41, 5.74) is 6.21. The van der Waals surface area contributed by atoms with Gasteiger partial charge in [0.2, 0.25) is 5.91 Å². The second-order valence-electron chi connectivity index (χ2n) is 8.65. The zero-order chi connectivity index (χ0) is 23.2. The van der Waals surface area contributed by atoms with E-state index in [4.69, 9.17) is 4.98 Å². The Morgan fingerprint density at radius 3 is 2.18 bits per heavy atom. The molecule has 4 nitrogen and oxygen atoms in total. The van der Waals surface area contributed by atoms with E-state index in [9.17, 15) is 4.79 Å². The van der Waals surface area contributed by atoms with Crippen molar-refractivity contribution in [3.8, 4) is 11.3 Å². The maximum atomic E-state index is 13.3. The highest BCUT2D eigenvalue weighted by Crippen LogP contribution is 2.31. The van der Waals surface area contributed by atoms with Crippen LogP contribution in [-0.4, -0.2) is 29.9 Å². The zero-order valence-corrected chi connectivity index (χ0v) is 19.6. The van der Waals surface area contributed by atoms with Crippen molar-refractivity contribution >= 4 is 16.8 Å². The average Bonchev–Trinajstić information content (AvgIpc) is 2.84. The summed E-state index contributed by atoms with van der Waals surface area (Å²) in [6, 6.07) is 28.5. The van der Waals surface area contributed by atoms with E-state index in [1.54, 1.807) is 0 Å². The number of amides is 1.